The van der Waals surface area contributed by atoms with Crippen molar-refractivity contribution in [3.63, 3.8) is 0 Å². The third-order valence-electron chi connectivity index (χ3n) is 3.33. The van der Waals surface area contributed by atoms with Crippen LogP contribution in [0.4, 0.5) is 5.82 Å². The maximum atomic E-state index is 6.02. The number of aromatic nitrogens is 4. The van der Waals surface area contributed by atoms with E-state index in [0.29, 0.717) is 6.61 Å². The quantitative estimate of drug-likeness (QED) is 0.825. The van der Waals surface area contributed by atoms with Crippen LogP contribution < -0.4 is 4.90 Å². The van der Waals surface area contributed by atoms with E-state index in [2.05, 4.69) is 33.9 Å². The number of rotatable bonds is 3. The molecule has 0 bridgehead atoms. The predicted octanol–water partition coefficient (Wildman–Crippen LogP) is 0.754. The van der Waals surface area contributed by atoms with E-state index in [1.807, 2.05) is 10.6 Å². The number of methoxy groups -OCH3 is 1. The molecule has 2 aromatic rings. The van der Waals surface area contributed by atoms with Crippen LogP contribution >= 0.6 is 0 Å². The molecule has 1 fully saturated rings. The van der Waals surface area contributed by atoms with Gasteiger partial charge in [-0.3, -0.25) is 4.40 Å². The minimum atomic E-state index is -0.254. The Hall–Kier alpha value is -1.73. The van der Waals surface area contributed by atoms with Crippen LogP contribution in [0.3, 0.4) is 0 Å². The Labute approximate surface area is 117 Å². The van der Waals surface area contributed by atoms with E-state index in [1.54, 1.807) is 19.6 Å². The zero-order valence-corrected chi connectivity index (χ0v) is 12.0. The number of hydrogen-bond acceptors (Lipinski definition) is 6. The van der Waals surface area contributed by atoms with Crippen molar-refractivity contribution in [2.75, 3.05) is 31.7 Å². The van der Waals surface area contributed by atoms with Crippen molar-refractivity contribution in [3.05, 3.63) is 18.7 Å². The standard InChI is InChI=1S/C13H19N5O2/c1-13(2)8-18(6-10(20-13)7-19-3)11-12-16-15-9-17(12)5-4-14-11/h4-5,9-10H,6-8H2,1-3H3/t10-/m1/s1. The van der Waals surface area contributed by atoms with Crippen LogP contribution in [0.15, 0.2) is 18.7 Å². The molecule has 0 spiro atoms. The Bertz CT molecular complexity index is 597. The van der Waals surface area contributed by atoms with Gasteiger partial charge in [-0.15, -0.1) is 10.2 Å². The summed E-state index contributed by atoms with van der Waals surface area (Å²) >= 11 is 0. The first-order chi connectivity index (χ1) is 9.59. The van der Waals surface area contributed by atoms with Crippen LogP contribution in [0, 0.1) is 0 Å². The highest BCUT2D eigenvalue weighted by molar-refractivity contribution is 5.63. The molecule has 1 aliphatic heterocycles. The van der Waals surface area contributed by atoms with E-state index in [-0.39, 0.29) is 11.7 Å². The number of fused-ring (bicyclic) bond motifs is 1. The predicted molar refractivity (Wildman–Crippen MR) is 73.8 cm³/mol. The normalized spacial score (nSPS) is 22.4. The lowest BCUT2D eigenvalue weighted by Gasteiger charge is -2.43. The Morgan fingerprint density at radius 3 is 3.15 bits per heavy atom. The first-order valence-corrected chi connectivity index (χ1v) is 6.65. The largest absolute Gasteiger partial charge is 0.382 e. The van der Waals surface area contributed by atoms with Gasteiger partial charge in [0.25, 0.3) is 0 Å². The van der Waals surface area contributed by atoms with Crippen molar-refractivity contribution in [2.45, 2.75) is 25.6 Å². The lowest BCUT2D eigenvalue weighted by atomic mass is 10.1. The minimum absolute atomic E-state index is 0.0220. The molecule has 1 saturated heterocycles. The summed E-state index contributed by atoms with van der Waals surface area (Å²) in [5.74, 6) is 0.836. The molecule has 7 nitrogen and oxygen atoms in total. The fourth-order valence-electron chi connectivity index (χ4n) is 2.70. The number of hydrogen-bond donors (Lipinski definition) is 0. The van der Waals surface area contributed by atoms with Crippen LogP contribution in [-0.4, -0.2) is 58.1 Å². The van der Waals surface area contributed by atoms with E-state index in [0.717, 1.165) is 24.6 Å². The van der Waals surface area contributed by atoms with Crippen molar-refractivity contribution < 1.29 is 9.47 Å². The van der Waals surface area contributed by atoms with Gasteiger partial charge >= 0.3 is 0 Å². The molecule has 108 valence electrons. The zero-order chi connectivity index (χ0) is 14.2. The summed E-state index contributed by atoms with van der Waals surface area (Å²) < 4.78 is 13.1. The van der Waals surface area contributed by atoms with Crippen molar-refractivity contribution in [1.82, 2.24) is 19.6 Å². The lowest BCUT2D eigenvalue weighted by Crippen LogP contribution is -2.54. The molecule has 0 radical (unpaired) electrons. The van der Waals surface area contributed by atoms with Crippen molar-refractivity contribution in [2.24, 2.45) is 0 Å². The van der Waals surface area contributed by atoms with Crippen LogP contribution in [0.25, 0.3) is 5.65 Å². The Morgan fingerprint density at radius 1 is 1.50 bits per heavy atom. The Morgan fingerprint density at radius 2 is 2.35 bits per heavy atom. The first kappa shape index (κ1) is 13.3. The molecule has 0 unspecified atom stereocenters. The van der Waals surface area contributed by atoms with Gasteiger partial charge in [0.15, 0.2) is 5.82 Å². The van der Waals surface area contributed by atoms with Gasteiger partial charge in [-0.05, 0) is 13.8 Å². The molecule has 20 heavy (non-hydrogen) atoms. The van der Waals surface area contributed by atoms with Gasteiger partial charge in [-0.2, -0.15) is 0 Å². The smallest absolute Gasteiger partial charge is 0.203 e. The highest BCUT2D eigenvalue weighted by Crippen LogP contribution is 2.26. The van der Waals surface area contributed by atoms with Gasteiger partial charge in [-0.25, -0.2) is 4.98 Å². The average Bonchev–Trinajstić information content (AvgIpc) is 2.85. The second kappa shape index (κ2) is 4.99. The fourth-order valence-corrected chi connectivity index (χ4v) is 2.70. The molecule has 0 amide bonds. The summed E-state index contributed by atoms with van der Waals surface area (Å²) in [6, 6.07) is 0. The van der Waals surface area contributed by atoms with Crippen molar-refractivity contribution in [3.8, 4) is 0 Å². The second-order valence-corrected chi connectivity index (χ2v) is 5.65. The van der Waals surface area contributed by atoms with Gasteiger partial charge in [0, 0.05) is 32.6 Å². The Kier molecular flexibility index (Phi) is 3.31. The highest BCUT2D eigenvalue weighted by Gasteiger charge is 2.34. The third-order valence-corrected chi connectivity index (χ3v) is 3.33. The summed E-state index contributed by atoms with van der Waals surface area (Å²) in [6.07, 6.45) is 5.31. The van der Waals surface area contributed by atoms with Crippen molar-refractivity contribution >= 4 is 11.5 Å². The molecule has 0 saturated carbocycles. The van der Waals surface area contributed by atoms with Crippen LogP contribution in [-0.2, 0) is 9.47 Å². The topological polar surface area (TPSA) is 64.8 Å². The molecule has 1 atom stereocenters. The van der Waals surface area contributed by atoms with Gasteiger partial charge in [-0.1, -0.05) is 0 Å². The molecule has 2 aromatic heterocycles. The number of morpholine rings is 1. The highest BCUT2D eigenvalue weighted by atomic mass is 16.5. The molecule has 0 N–H and O–H groups in total. The monoisotopic (exact) mass is 277 g/mol. The molecular formula is C13H19N5O2. The molecular weight excluding hydrogens is 258 g/mol. The molecule has 7 heteroatoms. The second-order valence-electron chi connectivity index (χ2n) is 5.65. The van der Waals surface area contributed by atoms with Crippen molar-refractivity contribution in [1.29, 1.82) is 0 Å². The molecule has 3 rings (SSSR count). The summed E-state index contributed by atoms with van der Waals surface area (Å²) in [5, 5.41) is 8.09. The average molecular weight is 277 g/mol. The van der Waals surface area contributed by atoms with E-state index >= 15 is 0 Å². The Balaban J connectivity index is 1.94. The van der Waals surface area contributed by atoms with Gasteiger partial charge in [0.05, 0.1) is 18.3 Å². The van der Waals surface area contributed by atoms with E-state index in [9.17, 15) is 0 Å². The van der Waals surface area contributed by atoms with E-state index in [1.165, 1.54) is 0 Å². The molecule has 1 aliphatic rings. The van der Waals surface area contributed by atoms with E-state index in [4.69, 9.17) is 9.47 Å². The fraction of sp³-hybridized carbons (Fsp3) is 0.615. The lowest BCUT2D eigenvalue weighted by molar-refractivity contribution is -0.106. The summed E-state index contributed by atoms with van der Waals surface area (Å²) in [5.41, 5.74) is 0.511. The van der Waals surface area contributed by atoms with Gasteiger partial charge in [0.1, 0.15) is 6.33 Å². The molecule has 0 aliphatic carbocycles. The zero-order valence-electron chi connectivity index (χ0n) is 12.0. The minimum Gasteiger partial charge on any atom is -0.382 e. The number of ether oxygens (including phenoxy) is 2. The third kappa shape index (κ3) is 2.46. The molecule has 0 aromatic carbocycles. The van der Waals surface area contributed by atoms with E-state index < -0.39 is 0 Å². The summed E-state index contributed by atoms with van der Waals surface area (Å²) in [6.45, 7) is 6.21. The number of anilines is 1. The van der Waals surface area contributed by atoms with Crippen LogP contribution in [0.2, 0.25) is 0 Å². The maximum absolute atomic E-state index is 6.02. The van der Waals surface area contributed by atoms with Gasteiger partial charge < -0.3 is 14.4 Å². The SMILES string of the molecule is COC[C@H]1CN(c2nccn3cnnc23)CC(C)(C)O1. The number of nitrogens with zero attached hydrogens (tertiary/aromatic N) is 5. The van der Waals surface area contributed by atoms with Crippen LogP contribution in [0.5, 0.6) is 0 Å². The van der Waals surface area contributed by atoms with Crippen LogP contribution in [0.1, 0.15) is 13.8 Å². The summed E-state index contributed by atoms with van der Waals surface area (Å²) in [4.78, 5) is 6.66. The van der Waals surface area contributed by atoms with Gasteiger partial charge in [0.2, 0.25) is 5.65 Å². The summed E-state index contributed by atoms with van der Waals surface area (Å²) in [7, 11) is 1.69. The first-order valence-electron chi connectivity index (χ1n) is 6.65. The molecule has 3 heterocycles. The maximum Gasteiger partial charge on any atom is 0.203 e.